The molecule has 1 saturated heterocycles. The van der Waals surface area contributed by atoms with Crippen LogP contribution in [-0.4, -0.2) is 48.6 Å². The van der Waals surface area contributed by atoms with Crippen molar-refractivity contribution in [2.45, 2.75) is 43.5 Å². The molecule has 0 radical (unpaired) electrons. The summed E-state index contributed by atoms with van der Waals surface area (Å²) < 4.78 is 24.0. The van der Waals surface area contributed by atoms with Crippen LogP contribution in [0.2, 0.25) is 0 Å². The van der Waals surface area contributed by atoms with Gasteiger partial charge in [0, 0.05) is 6.54 Å². The number of hydrogen-bond acceptors (Lipinski definition) is 4. The number of likely N-dealkylation sites (tertiary alicyclic amines) is 1. The van der Waals surface area contributed by atoms with Crippen molar-refractivity contribution >= 4 is 21.7 Å². The average molecular weight is 365 g/mol. The first kappa shape index (κ1) is 17.9. The maximum absolute atomic E-state index is 12.7. The molecule has 1 N–H and O–H groups in total. The first-order chi connectivity index (χ1) is 11.8. The quantitative estimate of drug-likeness (QED) is 0.858. The van der Waals surface area contributed by atoms with E-state index in [4.69, 9.17) is 0 Å². The van der Waals surface area contributed by atoms with Gasteiger partial charge in [-0.3, -0.25) is 4.79 Å². The Balaban J connectivity index is 1.78. The molecule has 2 fully saturated rings. The topological polar surface area (TPSA) is 91.8 Å². The highest BCUT2D eigenvalue weighted by atomic mass is 32.2. The number of nitrogens with zero attached hydrogens (tertiary/aromatic N) is 1. The Morgan fingerprint density at radius 1 is 1.28 bits per heavy atom. The molecule has 2 aliphatic rings. The fraction of sp³-hybridized carbons (Fsp3) is 0.556. The highest BCUT2D eigenvalue weighted by Gasteiger charge is 2.49. The van der Waals surface area contributed by atoms with E-state index in [0.717, 1.165) is 19.3 Å². The zero-order valence-electron chi connectivity index (χ0n) is 14.2. The molecule has 6 nitrogen and oxygen atoms in total. The van der Waals surface area contributed by atoms with Gasteiger partial charge in [-0.05, 0) is 42.4 Å². The molecule has 1 amide bonds. The second-order valence-electron chi connectivity index (χ2n) is 6.91. The fourth-order valence-corrected chi connectivity index (χ4v) is 5.12. The van der Waals surface area contributed by atoms with Crippen molar-refractivity contribution in [2.75, 3.05) is 12.3 Å². The Kier molecular flexibility index (Phi) is 4.86. The number of sulfone groups is 1. The van der Waals surface area contributed by atoms with Gasteiger partial charge in [-0.2, -0.15) is 0 Å². The molecule has 136 valence electrons. The number of rotatable bonds is 5. The molecule has 3 unspecified atom stereocenters. The summed E-state index contributed by atoms with van der Waals surface area (Å²) in [6.07, 6.45) is 2.88. The lowest BCUT2D eigenvalue weighted by atomic mass is 9.94. The number of fused-ring (bicyclic) bond motifs is 1. The third kappa shape index (κ3) is 3.42. The van der Waals surface area contributed by atoms with Gasteiger partial charge in [0.1, 0.15) is 6.04 Å². The minimum Gasteiger partial charge on any atom is -0.480 e. The van der Waals surface area contributed by atoms with Crippen LogP contribution in [0.3, 0.4) is 0 Å². The highest BCUT2D eigenvalue weighted by molar-refractivity contribution is 7.91. The van der Waals surface area contributed by atoms with Gasteiger partial charge in [-0.25, -0.2) is 13.2 Å². The number of carbonyl (C=O) groups excluding carboxylic acids is 1. The summed E-state index contributed by atoms with van der Waals surface area (Å²) >= 11 is 0. The number of amides is 1. The van der Waals surface area contributed by atoms with Crippen molar-refractivity contribution < 1.29 is 23.1 Å². The van der Waals surface area contributed by atoms with Crippen molar-refractivity contribution in [3.8, 4) is 0 Å². The Hall–Kier alpha value is -1.89. The summed E-state index contributed by atoms with van der Waals surface area (Å²) in [4.78, 5) is 26.1. The van der Waals surface area contributed by atoms with Gasteiger partial charge in [0.15, 0.2) is 9.84 Å². The van der Waals surface area contributed by atoms with E-state index in [0.29, 0.717) is 12.1 Å². The lowest BCUT2D eigenvalue weighted by molar-refractivity contribution is -0.149. The minimum absolute atomic E-state index is 0.000965. The van der Waals surface area contributed by atoms with Crippen molar-refractivity contribution in [1.29, 1.82) is 0 Å². The van der Waals surface area contributed by atoms with E-state index in [-0.39, 0.29) is 34.8 Å². The maximum Gasteiger partial charge on any atom is 0.326 e. The van der Waals surface area contributed by atoms with Crippen molar-refractivity contribution in [3.63, 3.8) is 0 Å². The van der Waals surface area contributed by atoms with Crippen LogP contribution in [0.25, 0.3) is 0 Å². The van der Waals surface area contributed by atoms with E-state index in [2.05, 4.69) is 0 Å². The number of aliphatic carboxylic acids is 1. The van der Waals surface area contributed by atoms with Crippen LogP contribution in [0.5, 0.6) is 0 Å². The van der Waals surface area contributed by atoms with E-state index >= 15 is 0 Å². The number of carbonyl (C=O) groups is 2. The molecule has 7 heteroatoms. The predicted molar refractivity (Wildman–Crippen MR) is 91.8 cm³/mol. The molecule has 3 rings (SSSR count). The van der Waals surface area contributed by atoms with Crippen molar-refractivity contribution in [1.82, 2.24) is 4.90 Å². The highest BCUT2D eigenvalue weighted by Crippen LogP contribution is 2.42. The summed E-state index contributed by atoms with van der Waals surface area (Å²) in [5.74, 6) is -0.857. The second kappa shape index (κ2) is 6.78. The molecule has 0 aromatic heterocycles. The summed E-state index contributed by atoms with van der Waals surface area (Å²) in [6.45, 7) is 2.07. The Labute approximate surface area is 147 Å². The molecule has 25 heavy (non-hydrogen) atoms. The van der Waals surface area contributed by atoms with E-state index in [1.165, 1.54) is 17.0 Å². The minimum atomic E-state index is -3.33. The molecule has 3 atom stereocenters. The molecule has 1 aromatic carbocycles. The Morgan fingerprint density at radius 2 is 2.04 bits per heavy atom. The molecule has 1 aliphatic heterocycles. The van der Waals surface area contributed by atoms with Gasteiger partial charge in [-0.15, -0.1) is 0 Å². The Bertz CT molecular complexity index is 788. The Morgan fingerprint density at radius 3 is 2.72 bits per heavy atom. The lowest BCUT2D eigenvalue weighted by Crippen LogP contribution is -2.43. The maximum atomic E-state index is 12.7. The largest absolute Gasteiger partial charge is 0.480 e. The molecule has 1 aromatic rings. The summed E-state index contributed by atoms with van der Waals surface area (Å²) in [5, 5.41) is 9.56. The third-order valence-corrected chi connectivity index (χ3v) is 7.19. The molecule has 0 spiro atoms. The van der Waals surface area contributed by atoms with E-state index in [1.807, 2.05) is 0 Å². The molecule has 1 saturated carbocycles. The molecule has 1 heterocycles. The SMILES string of the molecule is CCS(=O)(=O)c1cccc(CC(=O)N2CC3CCCC3C2C(=O)O)c1. The number of carboxylic acid groups (broad SMARTS) is 1. The first-order valence-electron chi connectivity index (χ1n) is 8.67. The number of benzene rings is 1. The molecule has 1 aliphatic carbocycles. The van der Waals surface area contributed by atoms with Crippen LogP contribution in [-0.2, 0) is 25.8 Å². The van der Waals surface area contributed by atoms with Crippen LogP contribution < -0.4 is 0 Å². The third-order valence-electron chi connectivity index (χ3n) is 5.46. The van der Waals surface area contributed by atoms with Gasteiger partial charge in [0.25, 0.3) is 0 Å². The monoisotopic (exact) mass is 365 g/mol. The zero-order valence-corrected chi connectivity index (χ0v) is 15.0. The van der Waals surface area contributed by atoms with Crippen LogP contribution in [0.4, 0.5) is 0 Å². The number of carboxylic acids is 1. The molecular formula is C18H23NO5S. The van der Waals surface area contributed by atoms with Crippen LogP contribution in [0.15, 0.2) is 29.2 Å². The van der Waals surface area contributed by atoms with Crippen molar-refractivity contribution in [2.24, 2.45) is 11.8 Å². The van der Waals surface area contributed by atoms with Gasteiger partial charge >= 0.3 is 5.97 Å². The van der Waals surface area contributed by atoms with Gasteiger partial charge in [0.05, 0.1) is 17.1 Å². The first-order valence-corrected chi connectivity index (χ1v) is 10.3. The standard InChI is InChI=1S/C18H23NO5S/c1-2-25(23,24)14-7-3-5-12(9-14)10-16(20)19-11-13-6-4-8-15(13)17(19)18(21)22/h3,5,7,9,13,15,17H,2,4,6,8,10-11H2,1H3,(H,21,22). The van der Waals surface area contributed by atoms with Crippen molar-refractivity contribution in [3.05, 3.63) is 29.8 Å². The predicted octanol–water partition coefficient (Wildman–Crippen LogP) is 1.73. The van der Waals surface area contributed by atoms with Crippen LogP contribution >= 0.6 is 0 Å². The van der Waals surface area contributed by atoms with E-state index in [1.54, 1.807) is 19.1 Å². The van der Waals surface area contributed by atoms with Crippen LogP contribution in [0.1, 0.15) is 31.7 Å². The van der Waals surface area contributed by atoms with Gasteiger partial charge in [0.2, 0.25) is 5.91 Å². The summed E-state index contributed by atoms with van der Waals surface area (Å²) in [6, 6.07) is 5.62. The number of hydrogen-bond donors (Lipinski definition) is 1. The van der Waals surface area contributed by atoms with Gasteiger partial charge < -0.3 is 10.0 Å². The van der Waals surface area contributed by atoms with Crippen LogP contribution in [0, 0.1) is 11.8 Å². The van der Waals surface area contributed by atoms with E-state index in [9.17, 15) is 23.1 Å². The van der Waals surface area contributed by atoms with Gasteiger partial charge in [-0.1, -0.05) is 25.5 Å². The fourth-order valence-electron chi connectivity index (χ4n) is 4.17. The lowest BCUT2D eigenvalue weighted by Gasteiger charge is -2.24. The molecular weight excluding hydrogens is 342 g/mol. The normalized spacial score (nSPS) is 25.8. The van der Waals surface area contributed by atoms with E-state index < -0.39 is 21.8 Å². The summed E-state index contributed by atoms with van der Waals surface area (Å²) in [5.41, 5.74) is 0.598. The molecule has 0 bridgehead atoms. The summed E-state index contributed by atoms with van der Waals surface area (Å²) in [7, 11) is -3.33. The smallest absolute Gasteiger partial charge is 0.326 e. The second-order valence-corrected chi connectivity index (χ2v) is 9.19. The zero-order chi connectivity index (χ0) is 18.2. The average Bonchev–Trinajstić information content (AvgIpc) is 3.15.